The summed E-state index contributed by atoms with van der Waals surface area (Å²) in [6, 6.07) is 8.50. The summed E-state index contributed by atoms with van der Waals surface area (Å²) < 4.78 is 5.45. The van der Waals surface area contributed by atoms with Crippen LogP contribution in [0.3, 0.4) is 0 Å². The first-order valence-corrected chi connectivity index (χ1v) is 5.26. The Balaban J connectivity index is 2.25. The van der Waals surface area contributed by atoms with Crippen molar-refractivity contribution in [3.05, 3.63) is 58.4 Å². The highest BCUT2D eigenvalue weighted by atomic mass is 16.6. The smallest absolute Gasteiger partial charge is 0.329 e. The van der Waals surface area contributed by atoms with Gasteiger partial charge in [0.2, 0.25) is 5.75 Å². The number of aromatic nitrogens is 1. The van der Waals surface area contributed by atoms with Crippen molar-refractivity contribution < 1.29 is 9.66 Å². The van der Waals surface area contributed by atoms with Gasteiger partial charge < -0.3 is 10.5 Å². The molecule has 0 spiro atoms. The number of nitrogens with zero attached hydrogens (tertiary/aromatic N) is 2. The first-order chi connectivity index (χ1) is 8.70. The van der Waals surface area contributed by atoms with E-state index in [0.29, 0.717) is 12.3 Å². The first kappa shape index (κ1) is 12.0. The van der Waals surface area contributed by atoms with Crippen LogP contribution in [0.15, 0.2) is 42.7 Å². The molecule has 0 bridgehead atoms. The molecule has 92 valence electrons. The molecule has 0 atom stereocenters. The monoisotopic (exact) mass is 245 g/mol. The molecule has 0 aliphatic rings. The number of benzene rings is 1. The van der Waals surface area contributed by atoms with E-state index >= 15 is 0 Å². The summed E-state index contributed by atoms with van der Waals surface area (Å²) in [5.74, 6) is 0.678. The summed E-state index contributed by atoms with van der Waals surface area (Å²) in [6.45, 7) is 0.440. The van der Waals surface area contributed by atoms with E-state index < -0.39 is 4.92 Å². The zero-order valence-electron chi connectivity index (χ0n) is 9.45. The van der Waals surface area contributed by atoms with E-state index in [1.54, 1.807) is 12.1 Å². The third kappa shape index (κ3) is 2.61. The molecule has 1 heterocycles. The Morgan fingerprint density at radius 3 is 2.61 bits per heavy atom. The maximum absolute atomic E-state index is 10.8. The van der Waals surface area contributed by atoms with Gasteiger partial charge in [0.1, 0.15) is 11.9 Å². The lowest BCUT2D eigenvalue weighted by Gasteiger charge is -2.06. The molecule has 6 heteroatoms. The van der Waals surface area contributed by atoms with E-state index in [2.05, 4.69) is 4.98 Å². The third-order valence-electron chi connectivity index (χ3n) is 2.34. The lowest BCUT2D eigenvalue weighted by molar-refractivity contribution is -0.386. The van der Waals surface area contributed by atoms with Gasteiger partial charge in [-0.15, -0.1) is 0 Å². The van der Waals surface area contributed by atoms with Gasteiger partial charge in [-0.2, -0.15) is 0 Å². The van der Waals surface area contributed by atoms with Gasteiger partial charge in [0, 0.05) is 18.8 Å². The van der Waals surface area contributed by atoms with Crippen molar-refractivity contribution in [2.75, 3.05) is 0 Å². The summed E-state index contributed by atoms with van der Waals surface area (Å²) in [6.07, 6.45) is 2.60. The highest BCUT2D eigenvalue weighted by Gasteiger charge is 2.15. The second-order valence-electron chi connectivity index (χ2n) is 3.55. The fourth-order valence-corrected chi connectivity index (χ4v) is 1.42. The van der Waals surface area contributed by atoms with E-state index in [0.717, 1.165) is 11.8 Å². The van der Waals surface area contributed by atoms with Gasteiger partial charge in [-0.3, -0.25) is 15.1 Å². The fourth-order valence-electron chi connectivity index (χ4n) is 1.42. The molecule has 18 heavy (non-hydrogen) atoms. The number of ether oxygens (including phenoxy) is 1. The predicted molar refractivity (Wildman–Crippen MR) is 65.3 cm³/mol. The van der Waals surface area contributed by atoms with Crippen molar-refractivity contribution in [1.29, 1.82) is 0 Å². The SMILES string of the molecule is NCc1ccc(Oc2ccncc2[N+](=O)[O-])cc1. The molecule has 0 unspecified atom stereocenters. The fraction of sp³-hybridized carbons (Fsp3) is 0.0833. The minimum atomic E-state index is -0.531. The Bertz CT molecular complexity index is 555. The van der Waals surface area contributed by atoms with Gasteiger partial charge in [0.25, 0.3) is 0 Å². The highest BCUT2D eigenvalue weighted by Crippen LogP contribution is 2.29. The minimum absolute atomic E-state index is 0.162. The van der Waals surface area contributed by atoms with Crippen LogP contribution in [0.1, 0.15) is 5.56 Å². The molecule has 2 rings (SSSR count). The van der Waals surface area contributed by atoms with Crippen LogP contribution in [-0.2, 0) is 6.54 Å². The Morgan fingerprint density at radius 2 is 2.00 bits per heavy atom. The van der Waals surface area contributed by atoms with Gasteiger partial charge in [0.05, 0.1) is 4.92 Å². The molecule has 1 aromatic carbocycles. The number of nitrogens with two attached hydrogens (primary N) is 1. The Hall–Kier alpha value is -2.47. The number of rotatable bonds is 4. The van der Waals surface area contributed by atoms with Gasteiger partial charge >= 0.3 is 5.69 Å². The quantitative estimate of drug-likeness (QED) is 0.658. The van der Waals surface area contributed by atoms with E-state index in [1.807, 2.05) is 12.1 Å². The summed E-state index contributed by atoms with van der Waals surface area (Å²) in [4.78, 5) is 13.9. The van der Waals surface area contributed by atoms with Crippen LogP contribution in [0.4, 0.5) is 5.69 Å². The number of nitro groups is 1. The minimum Gasteiger partial charge on any atom is -0.450 e. The molecule has 2 aromatic rings. The third-order valence-corrected chi connectivity index (χ3v) is 2.34. The summed E-state index contributed by atoms with van der Waals surface area (Å²) in [5, 5.41) is 10.8. The standard InChI is InChI=1S/C12H11N3O3/c13-7-9-1-3-10(4-2-9)18-12-5-6-14-8-11(12)15(16)17/h1-6,8H,7,13H2. The van der Waals surface area contributed by atoms with Gasteiger partial charge in [-0.25, -0.2) is 0 Å². The van der Waals surface area contributed by atoms with Crippen molar-refractivity contribution in [1.82, 2.24) is 4.98 Å². The van der Waals surface area contributed by atoms with E-state index in [9.17, 15) is 10.1 Å². The summed E-state index contributed by atoms with van der Waals surface area (Å²) in [7, 11) is 0. The molecule has 0 saturated carbocycles. The Morgan fingerprint density at radius 1 is 1.28 bits per heavy atom. The largest absolute Gasteiger partial charge is 0.450 e. The summed E-state index contributed by atoms with van der Waals surface area (Å²) >= 11 is 0. The average molecular weight is 245 g/mol. The number of pyridine rings is 1. The van der Waals surface area contributed by atoms with E-state index in [1.165, 1.54) is 12.3 Å². The van der Waals surface area contributed by atoms with Crippen molar-refractivity contribution >= 4 is 5.69 Å². The van der Waals surface area contributed by atoms with Crippen LogP contribution in [0, 0.1) is 10.1 Å². The second-order valence-corrected chi connectivity index (χ2v) is 3.55. The molecule has 0 amide bonds. The molecular weight excluding hydrogens is 234 g/mol. The normalized spacial score (nSPS) is 10.1. The zero-order valence-corrected chi connectivity index (χ0v) is 9.45. The van der Waals surface area contributed by atoms with E-state index in [-0.39, 0.29) is 11.4 Å². The maximum atomic E-state index is 10.8. The lowest BCUT2D eigenvalue weighted by atomic mass is 10.2. The first-order valence-electron chi connectivity index (χ1n) is 5.26. The molecule has 0 aliphatic heterocycles. The predicted octanol–water partition coefficient (Wildman–Crippen LogP) is 2.24. The van der Waals surface area contributed by atoms with Crippen molar-refractivity contribution in [2.45, 2.75) is 6.54 Å². The average Bonchev–Trinajstić information content (AvgIpc) is 2.40. The van der Waals surface area contributed by atoms with Crippen LogP contribution < -0.4 is 10.5 Å². The van der Waals surface area contributed by atoms with Crippen LogP contribution in [-0.4, -0.2) is 9.91 Å². The number of hydrogen-bond acceptors (Lipinski definition) is 5. The van der Waals surface area contributed by atoms with Crippen LogP contribution in [0.2, 0.25) is 0 Å². The van der Waals surface area contributed by atoms with Crippen molar-refractivity contribution in [2.24, 2.45) is 5.73 Å². The Labute approximate surface area is 103 Å². The van der Waals surface area contributed by atoms with Crippen LogP contribution in [0.5, 0.6) is 11.5 Å². The Kier molecular flexibility index (Phi) is 3.49. The zero-order chi connectivity index (χ0) is 13.0. The molecule has 2 N–H and O–H groups in total. The maximum Gasteiger partial charge on any atom is 0.329 e. The van der Waals surface area contributed by atoms with Crippen LogP contribution in [0.25, 0.3) is 0 Å². The lowest BCUT2D eigenvalue weighted by Crippen LogP contribution is -1.96. The molecule has 0 aliphatic carbocycles. The van der Waals surface area contributed by atoms with Crippen molar-refractivity contribution in [3.63, 3.8) is 0 Å². The van der Waals surface area contributed by atoms with Crippen molar-refractivity contribution in [3.8, 4) is 11.5 Å². The van der Waals surface area contributed by atoms with Crippen LogP contribution >= 0.6 is 0 Å². The van der Waals surface area contributed by atoms with Gasteiger partial charge in [-0.05, 0) is 17.7 Å². The van der Waals surface area contributed by atoms with E-state index in [4.69, 9.17) is 10.5 Å². The summed E-state index contributed by atoms with van der Waals surface area (Å²) in [5.41, 5.74) is 6.28. The van der Waals surface area contributed by atoms with Gasteiger partial charge in [-0.1, -0.05) is 12.1 Å². The highest BCUT2D eigenvalue weighted by molar-refractivity contribution is 5.46. The number of hydrogen-bond donors (Lipinski definition) is 1. The molecule has 1 aromatic heterocycles. The van der Waals surface area contributed by atoms with Gasteiger partial charge in [0.15, 0.2) is 0 Å². The topological polar surface area (TPSA) is 91.3 Å². The molecule has 0 fully saturated rings. The second kappa shape index (κ2) is 5.24. The molecule has 0 saturated heterocycles. The molecule has 0 radical (unpaired) electrons. The molecular formula is C12H11N3O3. The molecule has 6 nitrogen and oxygen atoms in total.